The topological polar surface area (TPSA) is 212 Å². The zero-order valence-electron chi connectivity index (χ0n) is 34.9. The molecule has 16 nitrogen and oxygen atoms in total. The molecule has 0 aromatic rings. The summed E-state index contributed by atoms with van der Waals surface area (Å²) in [7, 11) is 0. The Kier molecular flexibility index (Phi) is 22.3. The van der Waals surface area contributed by atoms with Crippen LogP contribution in [0.25, 0.3) is 0 Å². The van der Waals surface area contributed by atoms with E-state index >= 15 is 0 Å². The van der Waals surface area contributed by atoms with Gasteiger partial charge in [-0.05, 0) is 134 Å². The fourth-order valence-electron chi connectivity index (χ4n) is 4.43. The van der Waals surface area contributed by atoms with Gasteiger partial charge in [-0.2, -0.15) is 0 Å². The molecule has 54 heavy (non-hydrogen) atoms. The van der Waals surface area contributed by atoms with E-state index in [0.717, 1.165) is 0 Å². The number of carbonyl (C=O) groups excluding carboxylic acids is 6. The predicted molar refractivity (Wildman–Crippen MR) is 207 cm³/mol. The Bertz CT molecular complexity index is 1120. The molecule has 0 aliphatic carbocycles. The Morgan fingerprint density at radius 2 is 0.722 bits per heavy atom. The second kappa shape index (κ2) is 24.2. The summed E-state index contributed by atoms with van der Waals surface area (Å²) in [6, 6.07) is -1.66. The molecular formula is C38H70N6O10. The molecule has 0 spiro atoms. The van der Waals surface area contributed by atoms with E-state index in [1.54, 1.807) is 83.1 Å². The van der Waals surface area contributed by atoms with Crippen molar-refractivity contribution in [3.63, 3.8) is 0 Å². The summed E-state index contributed by atoms with van der Waals surface area (Å²) in [4.78, 5) is 74.6. The Morgan fingerprint density at radius 1 is 0.426 bits per heavy atom. The van der Waals surface area contributed by atoms with Crippen molar-refractivity contribution >= 4 is 36.2 Å². The normalized spacial score (nSPS) is 13.2. The molecule has 0 unspecified atom stereocenters. The minimum absolute atomic E-state index is 0.319. The van der Waals surface area contributed by atoms with E-state index in [-0.39, 0.29) is 11.8 Å². The summed E-state index contributed by atoms with van der Waals surface area (Å²) in [5.74, 6) is -0.712. The van der Waals surface area contributed by atoms with Gasteiger partial charge in [-0.1, -0.05) is 12.2 Å². The predicted octanol–water partition coefficient (Wildman–Crippen LogP) is 5.73. The van der Waals surface area contributed by atoms with Crippen molar-refractivity contribution in [3.8, 4) is 0 Å². The van der Waals surface area contributed by atoms with Crippen LogP contribution in [0.4, 0.5) is 19.2 Å². The van der Waals surface area contributed by atoms with E-state index in [0.29, 0.717) is 77.5 Å². The van der Waals surface area contributed by atoms with Gasteiger partial charge in [0.25, 0.3) is 0 Å². The monoisotopic (exact) mass is 771 g/mol. The van der Waals surface area contributed by atoms with Crippen LogP contribution in [0.3, 0.4) is 0 Å². The van der Waals surface area contributed by atoms with Gasteiger partial charge in [-0.25, -0.2) is 19.2 Å². The first-order valence-corrected chi connectivity index (χ1v) is 18.9. The number of carbonyl (C=O) groups is 6. The van der Waals surface area contributed by atoms with Crippen LogP contribution in [0.15, 0.2) is 12.2 Å². The maximum absolute atomic E-state index is 13.0. The molecule has 312 valence electrons. The zero-order chi connectivity index (χ0) is 41.6. The summed E-state index contributed by atoms with van der Waals surface area (Å²) in [5.41, 5.74) is -2.67. The number of hydrogen-bond acceptors (Lipinski definition) is 10. The van der Waals surface area contributed by atoms with Crippen molar-refractivity contribution in [2.24, 2.45) is 0 Å². The number of hydrogen-bond donors (Lipinski definition) is 6. The second-order valence-electron chi connectivity index (χ2n) is 16.9. The molecule has 2 atom stereocenters. The number of rotatable bonds is 20. The fourth-order valence-corrected chi connectivity index (χ4v) is 4.43. The molecular weight excluding hydrogens is 700 g/mol. The largest absolute Gasteiger partial charge is 0.444 e. The van der Waals surface area contributed by atoms with Crippen LogP contribution in [0, 0.1) is 0 Å². The van der Waals surface area contributed by atoms with Crippen molar-refractivity contribution in [2.45, 2.75) is 169 Å². The Balaban J connectivity index is 4.87. The lowest BCUT2D eigenvalue weighted by molar-refractivity contribution is -0.124. The van der Waals surface area contributed by atoms with Gasteiger partial charge in [-0.3, -0.25) is 9.59 Å². The zero-order valence-corrected chi connectivity index (χ0v) is 34.9. The lowest BCUT2D eigenvalue weighted by Gasteiger charge is -2.23. The molecule has 0 saturated heterocycles. The SMILES string of the molecule is CC(C)(C)OC(=O)NCCCC[C@H](NC(=O)OC(C)(C)C)C(=O)NCC/C=C\CCNC(=O)[C@H](CCCCNC(=O)OC(C)(C)C)NC(=O)OC(C)(C)C. The number of unbranched alkanes of at least 4 members (excludes halogenated alkanes) is 2. The van der Waals surface area contributed by atoms with Crippen LogP contribution in [-0.4, -0.2) is 96.9 Å². The lowest BCUT2D eigenvalue weighted by atomic mass is 10.1. The number of alkyl carbamates (subject to hydrolysis) is 4. The van der Waals surface area contributed by atoms with Crippen molar-refractivity contribution in [2.75, 3.05) is 26.2 Å². The minimum Gasteiger partial charge on any atom is -0.444 e. The molecule has 0 radical (unpaired) electrons. The van der Waals surface area contributed by atoms with E-state index in [1.165, 1.54) is 0 Å². The van der Waals surface area contributed by atoms with Gasteiger partial charge >= 0.3 is 24.4 Å². The van der Waals surface area contributed by atoms with Crippen LogP contribution < -0.4 is 31.9 Å². The van der Waals surface area contributed by atoms with E-state index < -0.39 is 58.9 Å². The van der Waals surface area contributed by atoms with Crippen molar-refractivity contribution in [1.82, 2.24) is 31.9 Å². The molecule has 16 heteroatoms. The van der Waals surface area contributed by atoms with E-state index in [9.17, 15) is 28.8 Å². The van der Waals surface area contributed by atoms with Crippen molar-refractivity contribution in [3.05, 3.63) is 12.2 Å². The summed E-state index contributed by atoms with van der Waals surface area (Å²) in [6.45, 7) is 22.4. The van der Waals surface area contributed by atoms with Crippen LogP contribution >= 0.6 is 0 Å². The molecule has 0 fully saturated rings. The third-order valence-corrected chi connectivity index (χ3v) is 6.58. The van der Waals surface area contributed by atoms with Gasteiger partial charge in [0.15, 0.2) is 0 Å². The molecule has 0 heterocycles. The van der Waals surface area contributed by atoms with E-state index in [4.69, 9.17) is 18.9 Å². The molecule has 0 aromatic carbocycles. The van der Waals surface area contributed by atoms with Crippen molar-refractivity contribution in [1.29, 1.82) is 0 Å². The molecule has 0 saturated carbocycles. The Labute approximate surface area is 322 Å². The third-order valence-electron chi connectivity index (χ3n) is 6.58. The summed E-state index contributed by atoms with van der Waals surface area (Å²) >= 11 is 0. The van der Waals surface area contributed by atoms with Crippen molar-refractivity contribution < 1.29 is 47.7 Å². The van der Waals surface area contributed by atoms with Gasteiger partial charge in [0.2, 0.25) is 11.8 Å². The minimum atomic E-state index is -0.830. The third kappa shape index (κ3) is 30.2. The van der Waals surface area contributed by atoms with Gasteiger partial charge < -0.3 is 50.8 Å². The van der Waals surface area contributed by atoms with Crippen LogP contribution in [0.2, 0.25) is 0 Å². The van der Waals surface area contributed by atoms with Crippen LogP contribution in [-0.2, 0) is 28.5 Å². The summed E-state index contributed by atoms with van der Waals surface area (Å²) in [5, 5.41) is 16.3. The summed E-state index contributed by atoms with van der Waals surface area (Å²) < 4.78 is 21.1. The highest BCUT2D eigenvalue weighted by molar-refractivity contribution is 5.86. The molecule has 6 N–H and O–H groups in total. The average Bonchev–Trinajstić information content (AvgIpc) is 2.97. The van der Waals surface area contributed by atoms with Gasteiger partial charge in [0.1, 0.15) is 34.5 Å². The smallest absolute Gasteiger partial charge is 0.408 e. The first-order valence-electron chi connectivity index (χ1n) is 18.9. The van der Waals surface area contributed by atoms with E-state index in [1.807, 2.05) is 12.2 Å². The standard InChI is InChI=1S/C38H70N6O10/c1-35(2,3)51-31(47)41-25-19-15-21-27(43-33(49)53-37(7,8)9)29(45)39-23-17-13-14-18-24-40-30(46)28(44-34(50)54-38(10,11)12)22-16-20-26-42-32(48)52-36(4,5)6/h13-14,27-28H,15-26H2,1-12H3,(H,39,45)(H,40,46)(H,41,47)(H,42,48)(H,43,49)(H,44,50)/b14-13-/t27-,28-/m0/s1. The van der Waals surface area contributed by atoms with Crippen LogP contribution in [0.5, 0.6) is 0 Å². The highest BCUT2D eigenvalue weighted by Gasteiger charge is 2.26. The average molecular weight is 771 g/mol. The fraction of sp³-hybridized carbons (Fsp3) is 0.789. The maximum Gasteiger partial charge on any atom is 0.408 e. The molecule has 0 bridgehead atoms. The molecule has 0 rings (SSSR count). The van der Waals surface area contributed by atoms with Crippen LogP contribution in [0.1, 0.15) is 134 Å². The first kappa shape index (κ1) is 49.8. The number of ether oxygens (including phenoxy) is 4. The first-order chi connectivity index (χ1) is 24.8. The number of nitrogens with one attached hydrogen (secondary N) is 6. The number of amides is 6. The van der Waals surface area contributed by atoms with Gasteiger partial charge in [0, 0.05) is 26.2 Å². The second-order valence-corrected chi connectivity index (χ2v) is 16.9. The molecule has 0 aliphatic heterocycles. The molecule has 0 aromatic heterocycles. The Hall–Kier alpha value is -4.24. The highest BCUT2D eigenvalue weighted by atomic mass is 16.6. The molecule has 0 aliphatic rings. The Morgan fingerprint density at radius 3 is 1.02 bits per heavy atom. The molecule has 6 amide bonds. The van der Waals surface area contributed by atoms with Gasteiger partial charge in [0.05, 0.1) is 0 Å². The van der Waals surface area contributed by atoms with Gasteiger partial charge in [-0.15, -0.1) is 0 Å². The van der Waals surface area contributed by atoms with E-state index in [2.05, 4.69) is 31.9 Å². The highest BCUT2D eigenvalue weighted by Crippen LogP contribution is 2.11. The summed E-state index contributed by atoms with van der Waals surface area (Å²) in [6.07, 6.45) is 5.26. The maximum atomic E-state index is 13.0. The lowest BCUT2D eigenvalue weighted by Crippen LogP contribution is -2.48. The quantitative estimate of drug-likeness (QED) is 0.0503.